The predicted octanol–water partition coefficient (Wildman–Crippen LogP) is 3.72. The van der Waals surface area contributed by atoms with Gasteiger partial charge >= 0.3 is 0 Å². The van der Waals surface area contributed by atoms with Gasteiger partial charge < -0.3 is 19.7 Å². The zero-order valence-electron chi connectivity index (χ0n) is 19.8. The van der Waals surface area contributed by atoms with Crippen LogP contribution < -0.4 is 14.8 Å². The van der Waals surface area contributed by atoms with Crippen LogP contribution in [0, 0.1) is 13.8 Å². The minimum Gasteiger partial charge on any atom is -0.493 e. The highest BCUT2D eigenvalue weighted by atomic mass is 127. The summed E-state index contributed by atoms with van der Waals surface area (Å²) in [7, 11) is 3.35. The van der Waals surface area contributed by atoms with Crippen LogP contribution in [0.1, 0.15) is 28.1 Å². The van der Waals surface area contributed by atoms with Crippen molar-refractivity contribution in [3.05, 3.63) is 39.3 Å². The first kappa shape index (κ1) is 26.7. The fourth-order valence-corrected chi connectivity index (χ4v) is 4.78. The SMILES string of the molecule is CCNC(=NCCc1sc(C)nc1C)N1CCN(Cc2ccc(OC)c(OC)c2)CC1.I. The van der Waals surface area contributed by atoms with Crippen LogP contribution in [0.4, 0.5) is 0 Å². The van der Waals surface area contributed by atoms with Crippen LogP contribution in [0.5, 0.6) is 11.5 Å². The predicted molar refractivity (Wildman–Crippen MR) is 143 cm³/mol. The van der Waals surface area contributed by atoms with Gasteiger partial charge in [-0.3, -0.25) is 9.89 Å². The van der Waals surface area contributed by atoms with Crippen molar-refractivity contribution in [1.82, 2.24) is 20.1 Å². The first-order chi connectivity index (χ1) is 15.0. The van der Waals surface area contributed by atoms with Crippen LogP contribution >= 0.6 is 35.3 Å². The van der Waals surface area contributed by atoms with Gasteiger partial charge in [0.05, 0.1) is 24.9 Å². The van der Waals surface area contributed by atoms with Gasteiger partial charge in [-0.1, -0.05) is 6.07 Å². The van der Waals surface area contributed by atoms with Gasteiger partial charge in [-0.15, -0.1) is 35.3 Å². The number of guanidine groups is 1. The number of methoxy groups -OCH3 is 2. The lowest BCUT2D eigenvalue weighted by molar-refractivity contribution is 0.172. The zero-order chi connectivity index (χ0) is 22.2. The van der Waals surface area contributed by atoms with Gasteiger partial charge in [-0.2, -0.15) is 0 Å². The Balaban J connectivity index is 0.00000363. The number of ether oxygens (including phenoxy) is 2. The minimum absolute atomic E-state index is 0. The van der Waals surface area contributed by atoms with Crippen molar-refractivity contribution in [2.24, 2.45) is 4.99 Å². The number of aromatic nitrogens is 1. The van der Waals surface area contributed by atoms with E-state index < -0.39 is 0 Å². The van der Waals surface area contributed by atoms with Crippen LogP contribution in [-0.2, 0) is 13.0 Å². The molecule has 0 spiro atoms. The minimum atomic E-state index is 0. The van der Waals surface area contributed by atoms with E-state index in [-0.39, 0.29) is 24.0 Å². The Hall–Kier alpha value is -1.59. The molecular weight excluding hydrogens is 537 g/mol. The Morgan fingerprint density at radius 1 is 1.12 bits per heavy atom. The van der Waals surface area contributed by atoms with Crippen molar-refractivity contribution in [2.45, 2.75) is 33.7 Å². The van der Waals surface area contributed by atoms with E-state index >= 15 is 0 Å². The van der Waals surface area contributed by atoms with Gasteiger partial charge in [0.15, 0.2) is 17.5 Å². The molecule has 1 aliphatic heterocycles. The number of benzene rings is 1. The van der Waals surface area contributed by atoms with E-state index in [1.165, 1.54) is 10.4 Å². The van der Waals surface area contributed by atoms with Crippen LogP contribution in [0.3, 0.4) is 0 Å². The normalized spacial score (nSPS) is 14.8. The molecule has 0 bridgehead atoms. The molecule has 9 heteroatoms. The fourth-order valence-electron chi connectivity index (χ4n) is 3.85. The maximum absolute atomic E-state index is 5.44. The summed E-state index contributed by atoms with van der Waals surface area (Å²) in [6.45, 7) is 12.8. The standard InChI is InChI=1S/C23H35N5O2S.HI/c1-6-24-23(25-10-9-22-17(2)26-18(3)31-22)28-13-11-27(12-14-28)16-19-7-8-20(29-4)21(15-19)30-5;/h7-8,15H,6,9-14,16H2,1-5H3,(H,24,25);1H. The molecule has 1 saturated heterocycles. The van der Waals surface area contributed by atoms with E-state index in [1.807, 2.05) is 6.07 Å². The Morgan fingerprint density at radius 2 is 1.84 bits per heavy atom. The maximum Gasteiger partial charge on any atom is 0.194 e. The van der Waals surface area contributed by atoms with E-state index in [4.69, 9.17) is 14.5 Å². The van der Waals surface area contributed by atoms with Gasteiger partial charge in [0, 0.05) is 57.1 Å². The lowest BCUT2D eigenvalue weighted by Crippen LogP contribution is -2.52. The second-order valence-electron chi connectivity index (χ2n) is 7.68. The van der Waals surface area contributed by atoms with Crippen LogP contribution in [0.15, 0.2) is 23.2 Å². The molecule has 0 saturated carbocycles. The summed E-state index contributed by atoms with van der Waals surface area (Å²) in [6, 6.07) is 6.16. The number of rotatable bonds is 8. The molecule has 1 fully saturated rings. The number of aliphatic imine (C=N–C) groups is 1. The molecule has 7 nitrogen and oxygen atoms in total. The Morgan fingerprint density at radius 3 is 2.44 bits per heavy atom. The molecule has 1 aliphatic rings. The summed E-state index contributed by atoms with van der Waals surface area (Å²) in [4.78, 5) is 15.6. The highest BCUT2D eigenvalue weighted by Gasteiger charge is 2.20. The number of thiazole rings is 1. The van der Waals surface area contributed by atoms with Gasteiger partial charge in [0.2, 0.25) is 0 Å². The van der Waals surface area contributed by atoms with Gasteiger partial charge in [-0.25, -0.2) is 4.98 Å². The van der Waals surface area contributed by atoms with Crippen molar-refractivity contribution in [3.63, 3.8) is 0 Å². The number of piperazine rings is 1. The Kier molecular flexibility index (Phi) is 11.0. The van der Waals surface area contributed by atoms with E-state index in [2.05, 4.69) is 53.0 Å². The zero-order valence-corrected chi connectivity index (χ0v) is 23.0. The highest BCUT2D eigenvalue weighted by molar-refractivity contribution is 14.0. The first-order valence-electron chi connectivity index (χ1n) is 10.9. The lowest BCUT2D eigenvalue weighted by atomic mass is 10.1. The number of nitrogens with zero attached hydrogens (tertiary/aromatic N) is 4. The third kappa shape index (κ3) is 7.21. The van der Waals surface area contributed by atoms with Crippen molar-refractivity contribution in [2.75, 3.05) is 53.5 Å². The molecule has 2 aromatic rings. The third-order valence-electron chi connectivity index (χ3n) is 5.46. The maximum atomic E-state index is 5.44. The summed E-state index contributed by atoms with van der Waals surface area (Å²) in [6.07, 6.45) is 0.950. The molecule has 0 amide bonds. The third-order valence-corrected chi connectivity index (χ3v) is 6.59. The van der Waals surface area contributed by atoms with Crippen molar-refractivity contribution in [3.8, 4) is 11.5 Å². The van der Waals surface area contributed by atoms with Crippen molar-refractivity contribution in [1.29, 1.82) is 0 Å². The Bertz CT molecular complexity index is 881. The molecule has 1 aromatic carbocycles. The van der Waals surface area contributed by atoms with Crippen LogP contribution in [-0.4, -0.2) is 74.2 Å². The molecule has 3 rings (SSSR count). The van der Waals surface area contributed by atoms with Crippen molar-refractivity contribution < 1.29 is 9.47 Å². The topological polar surface area (TPSA) is 62.2 Å². The number of nitrogens with one attached hydrogen (secondary N) is 1. The lowest BCUT2D eigenvalue weighted by Gasteiger charge is -2.36. The average Bonchev–Trinajstić information content (AvgIpc) is 3.10. The fraction of sp³-hybridized carbons (Fsp3) is 0.565. The molecule has 178 valence electrons. The number of hydrogen-bond acceptors (Lipinski definition) is 6. The quantitative estimate of drug-likeness (QED) is 0.295. The van der Waals surface area contributed by atoms with E-state index in [0.717, 1.165) is 80.4 Å². The largest absolute Gasteiger partial charge is 0.493 e. The monoisotopic (exact) mass is 573 g/mol. The molecule has 0 aliphatic carbocycles. The second-order valence-corrected chi connectivity index (χ2v) is 8.97. The summed E-state index contributed by atoms with van der Waals surface area (Å²) in [5.74, 6) is 2.57. The molecule has 1 N–H and O–H groups in total. The second kappa shape index (κ2) is 13.2. The molecule has 0 unspecified atom stereocenters. The van der Waals surface area contributed by atoms with E-state index in [9.17, 15) is 0 Å². The van der Waals surface area contributed by atoms with Gasteiger partial charge in [0.25, 0.3) is 0 Å². The summed E-state index contributed by atoms with van der Waals surface area (Å²) >= 11 is 1.78. The van der Waals surface area contributed by atoms with Crippen LogP contribution in [0.25, 0.3) is 0 Å². The number of halogens is 1. The molecule has 0 radical (unpaired) electrons. The van der Waals surface area contributed by atoms with Gasteiger partial charge in [0.1, 0.15) is 0 Å². The Labute approximate surface area is 213 Å². The molecule has 2 heterocycles. The summed E-state index contributed by atoms with van der Waals surface area (Å²) < 4.78 is 10.8. The van der Waals surface area contributed by atoms with Gasteiger partial charge in [-0.05, 0) is 38.5 Å². The average molecular weight is 574 g/mol. The summed E-state index contributed by atoms with van der Waals surface area (Å²) in [5.41, 5.74) is 2.38. The highest BCUT2D eigenvalue weighted by Crippen LogP contribution is 2.28. The molecule has 0 atom stereocenters. The van der Waals surface area contributed by atoms with E-state index in [0.29, 0.717) is 0 Å². The van der Waals surface area contributed by atoms with E-state index in [1.54, 1.807) is 25.6 Å². The smallest absolute Gasteiger partial charge is 0.194 e. The molecular formula is C23H36IN5O2S. The van der Waals surface area contributed by atoms with Crippen molar-refractivity contribution >= 4 is 41.3 Å². The summed E-state index contributed by atoms with van der Waals surface area (Å²) in [5, 5.41) is 4.60. The molecule has 32 heavy (non-hydrogen) atoms. The van der Waals surface area contributed by atoms with Crippen LogP contribution in [0.2, 0.25) is 0 Å². The molecule has 1 aromatic heterocycles. The number of hydrogen-bond donors (Lipinski definition) is 1. The number of aryl methyl sites for hydroxylation is 2. The first-order valence-corrected chi connectivity index (χ1v) is 11.7.